The Morgan fingerprint density at radius 3 is 2.48 bits per heavy atom. The lowest BCUT2D eigenvalue weighted by Gasteiger charge is -2.20. The first kappa shape index (κ1) is 20.8. The van der Waals surface area contributed by atoms with Crippen molar-refractivity contribution in [2.24, 2.45) is 0 Å². The Hall–Kier alpha value is -2.48. The summed E-state index contributed by atoms with van der Waals surface area (Å²) in [6.07, 6.45) is 4.37. The van der Waals surface area contributed by atoms with Crippen LogP contribution >= 0.6 is 12.2 Å². The summed E-state index contributed by atoms with van der Waals surface area (Å²) in [6.45, 7) is 1.57. The first-order chi connectivity index (χ1) is 13.0. The van der Waals surface area contributed by atoms with Gasteiger partial charge in [-0.1, -0.05) is 18.9 Å². The van der Waals surface area contributed by atoms with Gasteiger partial charge < -0.3 is 20.3 Å². The number of ether oxygens (including phenoxy) is 1. The van der Waals surface area contributed by atoms with E-state index in [-0.39, 0.29) is 29.8 Å². The van der Waals surface area contributed by atoms with E-state index >= 15 is 0 Å². The highest BCUT2D eigenvalue weighted by Gasteiger charge is 2.17. The fourth-order valence-corrected chi connectivity index (χ4v) is 3.09. The molecule has 0 spiro atoms. The van der Waals surface area contributed by atoms with Crippen molar-refractivity contribution in [1.82, 2.24) is 10.2 Å². The third-order valence-corrected chi connectivity index (χ3v) is 4.50. The highest BCUT2D eigenvalue weighted by molar-refractivity contribution is 7.80. The molecule has 1 heterocycles. The number of thiocarbonyl (C=S) groups is 1. The summed E-state index contributed by atoms with van der Waals surface area (Å²) in [5.41, 5.74) is 1.20. The maximum Gasteiger partial charge on any atom is 0.306 e. The Morgan fingerprint density at radius 2 is 1.81 bits per heavy atom. The average Bonchev–Trinajstić information content (AvgIpc) is 2.95. The number of esters is 1. The van der Waals surface area contributed by atoms with E-state index in [9.17, 15) is 14.4 Å². The molecule has 0 aromatic heterocycles. The van der Waals surface area contributed by atoms with E-state index in [2.05, 4.69) is 15.4 Å². The monoisotopic (exact) mass is 391 g/mol. The lowest BCUT2D eigenvalue weighted by molar-refractivity contribution is -0.142. The zero-order valence-electron chi connectivity index (χ0n) is 15.5. The number of likely N-dealkylation sites (tertiary alicyclic amines) is 1. The van der Waals surface area contributed by atoms with Gasteiger partial charge in [-0.25, -0.2) is 0 Å². The molecule has 0 atom stereocenters. The predicted octanol–water partition coefficient (Wildman–Crippen LogP) is 2.47. The number of hydrogen-bond donors (Lipinski definition) is 2. The standard InChI is InChI=1S/C19H25N3O4S/c1-26-17(24)10-9-16(23)21-19(27)20-15-8-6-7-14(13-15)18(25)22-11-4-2-3-5-12-22/h6-8,13H,2-5,9-12H2,1H3,(H2,20,21,23,27). The molecule has 0 aliphatic carbocycles. The van der Waals surface area contributed by atoms with Crippen molar-refractivity contribution in [3.05, 3.63) is 29.8 Å². The molecule has 2 N–H and O–H groups in total. The van der Waals surface area contributed by atoms with Crippen molar-refractivity contribution in [2.75, 3.05) is 25.5 Å². The summed E-state index contributed by atoms with van der Waals surface area (Å²) in [6, 6.07) is 7.04. The highest BCUT2D eigenvalue weighted by Crippen LogP contribution is 2.16. The van der Waals surface area contributed by atoms with E-state index in [0.717, 1.165) is 38.8 Å². The normalized spacial score (nSPS) is 14.0. The highest BCUT2D eigenvalue weighted by atomic mass is 32.1. The van der Waals surface area contributed by atoms with Gasteiger partial charge in [0.1, 0.15) is 0 Å². The van der Waals surface area contributed by atoms with Crippen LogP contribution in [0.5, 0.6) is 0 Å². The van der Waals surface area contributed by atoms with Crippen molar-refractivity contribution < 1.29 is 19.1 Å². The largest absolute Gasteiger partial charge is 0.469 e. The van der Waals surface area contributed by atoms with Crippen LogP contribution in [0.25, 0.3) is 0 Å². The number of benzene rings is 1. The quantitative estimate of drug-likeness (QED) is 0.592. The molecule has 0 unspecified atom stereocenters. The molecule has 1 saturated heterocycles. The van der Waals surface area contributed by atoms with Gasteiger partial charge in [0.2, 0.25) is 5.91 Å². The van der Waals surface area contributed by atoms with Crippen molar-refractivity contribution in [1.29, 1.82) is 0 Å². The zero-order valence-corrected chi connectivity index (χ0v) is 16.3. The molecular weight excluding hydrogens is 366 g/mol. The SMILES string of the molecule is COC(=O)CCC(=O)NC(=S)Nc1cccc(C(=O)N2CCCCCC2)c1. The van der Waals surface area contributed by atoms with Crippen LogP contribution in [-0.2, 0) is 14.3 Å². The number of nitrogens with zero attached hydrogens (tertiary/aromatic N) is 1. The van der Waals surface area contributed by atoms with E-state index in [4.69, 9.17) is 12.2 Å². The summed E-state index contributed by atoms with van der Waals surface area (Å²) in [4.78, 5) is 37.4. The summed E-state index contributed by atoms with van der Waals surface area (Å²) >= 11 is 5.12. The van der Waals surface area contributed by atoms with Gasteiger partial charge in [0.25, 0.3) is 5.91 Å². The lowest BCUT2D eigenvalue weighted by Crippen LogP contribution is -2.34. The number of hydrogen-bond acceptors (Lipinski definition) is 5. The first-order valence-electron chi connectivity index (χ1n) is 9.06. The van der Waals surface area contributed by atoms with Crippen LogP contribution in [0.3, 0.4) is 0 Å². The van der Waals surface area contributed by atoms with Crippen LogP contribution in [0.1, 0.15) is 48.9 Å². The minimum Gasteiger partial charge on any atom is -0.469 e. The fraction of sp³-hybridized carbons (Fsp3) is 0.474. The Kier molecular flexibility index (Phi) is 8.19. The van der Waals surface area contributed by atoms with Gasteiger partial charge in [0.15, 0.2) is 5.11 Å². The van der Waals surface area contributed by atoms with Gasteiger partial charge in [-0.05, 0) is 43.3 Å². The molecule has 0 saturated carbocycles. The summed E-state index contributed by atoms with van der Waals surface area (Å²) in [5, 5.41) is 5.52. The van der Waals surface area contributed by atoms with Gasteiger partial charge in [-0.2, -0.15) is 0 Å². The zero-order chi connectivity index (χ0) is 19.6. The van der Waals surface area contributed by atoms with Gasteiger partial charge >= 0.3 is 5.97 Å². The number of carbonyl (C=O) groups is 3. The maximum absolute atomic E-state index is 12.7. The van der Waals surface area contributed by atoms with Gasteiger partial charge in [0.05, 0.1) is 13.5 Å². The Bertz CT molecular complexity index is 700. The number of amides is 2. The van der Waals surface area contributed by atoms with Crippen LogP contribution in [0.15, 0.2) is 24.3 Å². The number of rotatable bonds is 5. The van der Waals surface area contributed by atoms with E-state index in [1.54, 1.807) is 24.3 Å². The molecule has 1 aliphatic rings. The molecule has 0 radical (unpaired) electrons. The van der Waals surface area contributed by atoms with Crippen molar-refractivity contribution >= 4 is 40.8 Å². The fourth-order valence-electron chi connectivity index (χ4n) is 2.86. The second kappa shape index (κ2) is 10.6. The van der Waals surface area contributed by atoms with Crippen molar-refractivity contribution in [3.63, 3.8) is 0 Å². The Balaban J connectivity index is 1.90. The third kappa shape index (κ3) is 6.97. The van der Waals surface area contributed by atoms with E-state index in [0.29, 0.717) is 11.3 Å². The Labute approximate surface area is 164 Å². The first-order valence-corrected chi connectivity index (χ1v) is 9.47. The van der Waals surface area contributed by atoms with Crippen LogP contribution in [0.2, 0.25) is 0 Å². The molecule has 2 rings (SSSR count). The third-order valence-electron chi connectivity index (χ3n) is 4.30. The van der Waals surface area contributed by atoms with Crippen LogP contribution in [0.4, 0.5) is 5.69 Å². The number of nitrogens with one attached hydrogen (secondary N) is 2. The molecular formula is C19H25N3O4S. The topological polar surface area (TPSA) is 87.7 Å². The molecule has 1 aromatic rings. The number of carbonyl (C=O) groups excluding carboxylic acids is 3. The van der Waals surface area contributed by atoms with E-state index in [1.165, 1.54) is 7.11 Å². The summed E-state index contributed by atoms with van der Waals surface area (Å²) in [7, 11) is 1.27. The van der Waals surface area contributed by atoms with Gasteiger partial charge in [-0.3, -0.25) is 14.4 Å². The van der Waals surface area contributed by atoms with Crippen molar-refractivity contribution in [3.8, 4) is 0 Å². The molecule has 27 heavy (non-hydrogen) atoms. The molecule has 1 fully saturated rings. The Morgan fingerprint density at radius 1 is 1.11 bits per heavy atom. The van der Waals surface area contributed by atoms with Gasteiger partial charge in [-0.15, -0.1) is 0 Å². The minimum absolute atomic E-state index is 0.00795. The molecule has 146 valence electrons. The molecule has 0 bridgehead atoms. The van der Waals surface area contributed by atoms with E-state index in [1.807, 2.05) is 4.90 Å². The van der Waals surface area contributed by atoms with Gasteiger partial charge in [0, 0.05) is 30.8 Å². The van der Waals surface area contributed by atoms with Crippen molar-refractivity contribution in [2.45, 2.75) is 38.5 Å². The number of anilines is 1. The summed E-state index contributed by atoms with van der Waals surface area (Å²) < 4.78 is 4.49. The average molecular weight is 391 g/mol. The van der Waals surface area contributed by atoms with E-state index < -0.39 is 5.97 Å². The van der Waals surface area contributed by atoms with Crippen LogP contribution in [-0.4, -0.2) is 48.0 Å². The lowest BCUT2D eigenvalue weighted by atomic mass is 10.1. The number of methoxy groups -OCH3 is 1. The second-order valence-electron chi connectivity index (χ2n) is 6.37. The predicted molar refractivity (Wildman–Crippen MR) is 106 cm³/mol. The summed E-state index contributed by atoms with van der Waals surface area (Å²) in [5.74, 6) is -0.827. The maximum atomic E-state index is 12.7. The molecule has 1 aromatic carbocycles. The minimum atomic E-state index is -0.455. The van der Waals surface area contributed by atoms with Crippen LogP contribution < -0.4 is 10.6 Å². The second-order valence-corrected chi connectivity index (χ2v) is 6.77. The smallest absolute Gasteiger partial charge is 0.306 e. The molecule has 8 heteroatoms. The molecule has 2 amide bonds. The van der Waals surface area contributed by atoms with Crippen LogP contribution in [0, 0.1) is 0 Å². The molecule has 1 aliphatic heterocycles. The molecule has 7 nitrogen and oxygen atoms in total.